The van der Waals surface area contributed by atoms with Crippen molar-refractivity contribution in [3.05, 3.63) is 89.5 Å². The Hall–Kier alpha value is -3.40. The zero-order chi connectivity index (χ0) is 22.2. The van der Waals surface area contributed by atoms with Gasteiger partial charge in [0, 0.05) is 11.6 Å². The quantitative estimate of drug-likeness (QED) is 0.195. The molecule has 164 valence electrons. The van der Waals surface area contributed by atoms with Crippen molar-refractivity contribution in [2.24, 2.45) is 4.99 Å². The summed E-state index contributed by atoms with van der Waals surface area (Å²) in [6, 6.07) is 20.3. The van der Waals surface area contributed by atoms with Gasteiger partial charge in [0.25, 0.3) is 0 Å². The van der Waals surface area contributed by atoms with Crippen molar-refractivity contribution in [2.45, 2.75) is 51.9 Å². The molecule has 0 fully saturated rings. The molecule has 0 atom stereocenters. The molecule has 4 rings (SSSR count). The van der Waals surface area contributed by atoms with Crippen LogP contribution < -0.4 is 0 Å². The third kappa shape index (κ3) is 5.64. The number of ether oxygens (including phenoxy) is 1. The SMILES string of the molecule is CCCCCCCCc1ccc(-c2ccc(C3=N/C(=C/c4ccco4)C(=O)O3)cc2)cc1. The lowest BCUT2D eigenvalue weighted by molar-refractivity contribution is -0.129. The van der Waals surface area contributed by atoms with E-state index in [4.69, 9.17) is 9.15 Å². The summed E-state index contributed by atoms with van der Waals surface area (Å²) in [7, 11) is 0. The molecule has 3 aromatic rings. The van der Waals surface area contributed by atoms with Crippen LogP contribution in [0.4, 0.5) is 0 Å². The molecule has 0 bridgehead atoms. The molecule has 0 amide bonds. The third-order valence-electron chi connectivity index (χ3n) is 5.68. The van der Waals surface area contributed by atoms with Gasteiger partial charge in [0.15, 0.2) is 5.70 Å². The van der Waals surface area contributed by atoms with Gasteiger partial charge >= 0.3 is 5.97 Å². The fourth-order valence-electron chi connectivity index (χ4n) is 3.82. The van der Waals surface area contributed by atoms with E-state index in [9.17, 15) is 4.79 Å². The Morgan fingerprint density at radius 1 is 0.812 bits per heavy atom. The maximum absolute atomic E-state index is 12.1. The second-order valence-electron chi connectivity index (χ2n) is 8.14. The first-order valence-electron chi connectivity index (χ1n) is 11.5. The van der Waals surface area contributed by atoms with Crippen molar-refractivity contribution in [3.8, 4) is 11.1 Å². The highest BCUT2D eigenvalue weighted by Gasteiger charge is 2.24. The molecule has 0 N–H and O–H groups in total. The van der Waals surface area contributed by atoms with Gasteiger partial charge in [-0.15, -0.1) is 0 Å². The zero-order valence-corrected chi connectivity index (χ0v) is 18.5. The highest BCUT2D eigenvalue weighted by molar-refractivity contribution is 6.12. The molecule has 1 aromatic heterocycles. The van der Waals surface area contributed by atoms with E-state index in [1.54, 1.807) is 24.5 Å². The van der Waals surface area contributed by atoms with E-state index in [-0.39, 0.29) is 5.70 Å². The van der Waals surface area contributed by atoms with E-state index in [1.807, 2.05) is 24.3 Å². The Balaban J connectivity index is 1.36. The fourth-order valence-corrected chi connectivity index (χ4v) is 3.82. The minimum absolute atomic E-state index is 0.236. The Kier molecular flexibility index (Phi) is 7.34. The zero-order valence-electron chi connectivity index (χ0n) is 18.5. The third-order valence-corrected chi connectivity index (χ3v) is 5.68. The average Bonchev–Trinajstić information content (AvgIpc) is 3.47. The molecule has 0 unspecified atom stereocenters. The largest absolute Gasteiger partial charge is 0.465 e. The van der Waals surface area contributed by atoms with Crippen molar-refractivity contribution in [3.63, 3.8) is 0 Å². The number of carbonyl (C=O) groups excluding carboxylic acids is 1. The van der Waals surface area contributed by atoms with Crippen LogP contribution in [0.1, 0.15) is 62.3 Å². The van der Waals surface area contributed by atoms with E-state index in [0.717, 1.165) is 17.5 Å². The van der Waals surface area contributed by atoms with Crippen LogP contribution in [-0.4, -0.2) is 11.9 Å². The summed E-state index contributed by atoms with van der Waals surface area (Å²) >= 11 is 0. The molecule has 2 aromatic carbocycles. The summed E-state index contributed by atoms with van der Waals surface area (Å²) in [5.74, 6) is 0.410. The lowest BCUT2D eigenvalue weighted by Crippen LogP contribution is -2.05. The second-order valence-corrected chi connectivity index (χ2v) is 8.14. The summed E-state index contributed by atoms with van der Waals surface area (Å²) in [4.78, 5) is 16.4. The molecule has 0 spiro atoms. The number of hydrogen-bond acceptors (Lipinski definition) is 4. The number of aliphatic imine (C=N–C) groups is 1. The predicted molar refractivity (Wildman–Crippen MR) is 128 cm³/mol. The van der Waals surface area contributed by atoms with Gasteiger partial charge in [-0.3, -0.25) is 0 Å². The summed E-state index contributed by atoms with van der Waals surface area (Å²) in [6.07, 6.45) is 12.2. The van der Waals surface area contributed by atoms with Gasteiger partial charge in [0.1, 0.15) is 5.76 Å². The summed E-state index contributed by atoms with van der Waals surface area (Å²) < 4.78 is 10.6. The van der Waals surface area contributed by atoms with Gasteiger partial charge in [-0.05, 0) is 53.8 Å². The second kappa shape index (κ2) is 10.8. The van der Waals surface area contributed by atoms with Crippen LogP contribution in [0.15, 0.2) is 82.0 Å². The highest BCUT2D eigenvalue weighted by Crippen LogP contribution is 2.24. The molecule has 4 heteroatoms. The molecular weight excluding hydrogens is 398 g/mol. The van der Waals surface area contributed by atoms with E-state index >= 15 is 0 Å². The van der Waals surface area contributed by atoms with Crippen molar-refractivity contribution in [2.75, 3.05) is 0 Å². The first-order valence-corrected chi connectivity index (χ1v) is 11.5. The molecule has 1 aliphatic heterocycles. The molecule has 32 heavy (non-hydrogen) atoms. The summed E-state index contributed by atoms with van der Waals surface area (Å²) in [5.41, 5.74) is 4.69. The van der Waals surface area contributed by atoms with E-state index in [1.165, 1.54) is 49.7 Å². The minimum atomic E-state index is -0.471. The first kappa shape index (κ1) is 21.8. The van der Waals surface area contributed by atoms with Gasteiger partial charge < -0.3 is 9.15 Å². The Labute approximate surface area is 189 Å². The molecule has 0 saturated heterocycles. The number of furan rings is 1. The lowest BCUT2D eigenvalue weighted by Gasteiger charge is -2.06. The first-order chi connectivity index (χ1) is 15.7. The predicted octanol–water partition coefficient (Wildman–Crippen LogP) is 7.19. The molecule has 4 nitrogen and oxygen atoms in total. The summed E-state index contributed by atoms with van der Waals surface area (Å²) in [5, 5.41) is 0. The van der Waals surface area contributed by atoms with Gasteiger partial charge in [-0.1, -0.05) is 75.4 Å². The smallest absolute Gasteiger partial charge is 0.363 e. The number of carbonyl (C=O) groups is 1. The number of unbranched alkanes of at least 4 members (excludes halogenated alkanes) is 5. The number of aryl methyl sites for hydroxylation is 1. The van der Waals surface area contributed by atoms with E-state index in [0.29, 0.717) is 11.7 Å². The van der Waals surface area contributed by atoms with Crippen LogP contribution in [0.3, 0.4) is 0 Å². The average molecular weight is 428 g/mol. The minimum Gasteiger partial charge on any atom is -0.465 e. The molecule has 1 aliphatic rings. The number of esters is 1. The molecular formula is C28H29NO3. The monoisotopic (exact) mass is 427 g/mol. The highest BCUT2D eigenvalue weighted by atomic mass is 16.6. The van der Waals surface area contributed by atoms with Crippen LogP contribution in [-0.2, 0) is 16.0 Å². The van der Waals surface area contributed by atoms with Crippen LogP contribution in [0, 0.1) is 0 Å². The van der Waals surface area contributed by atoms with E-state index < -0.39 is 5.97 Å². The Morgan fingerprint density at radius 2 is 1.47 bits per heavy atom. The van der Waals surface area contributed by atoms with Crippen molar-refractivity contribution < 1.29 is 13.9 Å². The molecule has 2 heterocycles. The Bertz CT molecular complexity index is 1070. The maximum Gasteiger partial charge on any atom is 0.363 e. The standard InChI is InChI=1S/C28H29NO3/c1-2-3-4-5-6-7-9-21-11-13-22(14-12-21)23-15-17-24(18-16-23)27-29-26(28(30)32-27)20-25-10-8-19-31-25/h8,10-20H,2-7,9H2,1H3/b26-20+. The van der Waals surface area contributed by atoms with Gasteiger partial charge in [0.05, 0.1) is 6.26 Å². The van der Waals surface area contributed by atoms with Crippen LogP contribution >= 0.6 is 0 Å². The van der Waals surface area contributed by atoms with Crippen LogP contribution in [0.2, 0.25) is 0 Å². The van der Waals surface area contributed by atoms with Crippen LogP contribution in [0.25, 0.3) is 17.2 Å². The van der Waals surface area contributed by atoms with Crippen molar-refractivity contribution in [1.82, 2.24) is 0 Å². The van der Waals surface area contributed by atoms with Gasteiger partial charge in [0.2, 0.25) is 5.90 Å². The number of nitrogens with zero attached hydrogens (tertiary/aromatic N) is 1. The molecule has 0 aliphatic carbocycles. The number of cyclic esters (lactones) is 1. The number of hydrogen-bond donors (Lipinski definition) is 0. The van der Waals surface area contributed by atoms with Gasteiger partial charge in [-0.2, -0.15) is 0 Å². The van der Waals surface area contributed by atoms with Gasteiger partial charge in [-0.25, -0.2) is 9.79 Å². The summed E-state index contributed by atoms with van der Waals surface area (Å²) in [6.45, 7) is 2.25. The van der Waals surface area contributed by atoms with Crippen molar-refractivity contribution in [1.29, 1.82) is 0 Å². The number of benzene rings is 2. The lowest BCUT2D eigenvalue weighted by atomic mass is 10.00. The normalized spacial score (nSPS) is 14.6. The fraction of sp³-hybridized carbons (Fsp3) is 0.286. The topological polar surface area (TPSA) is 51.8 Å². The van der Waals surface area contributed by atoms with Crippen LogP contribution in [0.5, 0.6) is 0 Å². The molecule has 0 radical (unpaired) electrons. The van der Waals surface area contributed by atoms with E-state index in [2.05, 4.69) is 36.2 Å². The van der Waals surface area contributed by atoms with Crippen molar-refractivity contribution >= 4 is 17.9 Å². The number of rotatable bonds is 10. The Morgan fingerprint density at radius 3 is 2.16 bits per heavy atom. The molecule has 0 saturated carbocycles. The maximum atomic E-state index is 12.1.